The van der Waals surface area contributed by atoms with Gasteiger partial charge in [-0.15, -0.1) is 0 Å². The summed E-state index contributed by atoms with van der Waals surface area (Å²) < 4.78 is 18.3. The van der Waals surface area contributed by atoms with Gasteiger partial charge in [-0.2, -0.15) is 0 Å². The molecule has 3 rings (SSSR count). The SMILES string of the molecule is CC(OC(=O)c1cccc(F)c1)C(=O)c1c[nH]c2ccccc12. The summed E-state index contributed by atoms with van der Waals surface area (Å²) in [5.41, 5.74) is 1.36. The van der Waals surface area contributed by atoms with Crippen LogP contribution >= 0.6 is 0 Å². The molecule has 23 heavy (non-hydrogen) atoms. The molecule has 0 bridgehead atoms. The van der Waals surface area contributed by atoms with Crippen LogP contribution in [0.1, 0.15) is 27.6 Å². The van der Waals surface area contributed by atoms with Gasteiger partial charge in [-0.1, -0.05) is 24.3 Å². The summed E-state index contributed by atoms with van der Waals surface area (Å²) in [4.78, 5) is 27.5. The normalized spacial score (nSPS) is 12.1. The molecular weight excluding hydrogens is 297 g/mol. The highest BCUT2D eigenvalue weighted by Crippen LogP contribution is 2.20. The van der Waals surface area contributed by atoms with Crippen LogP contribution < -0.4 is 0 Å². The molecule has 1 heterocycles. The molecule has 2 aromatic carbocycles. The summed E-state index contributed by atoms with van der Waals surface area (Å²) in [6.07, 6.45) is 0.629. The lowest BCUT2D eigenvalue weighted by atomic mass is 10.1. The van der Waals surface area contributed by atoms with Crippen molar-refractivity contribution in [2.75, 3.05) is 0 Å². The highest BCUT2D eigenvalue weighted by molar-refractivity contribution is 6.10. The van der Waals surface area contributed by atoms with Crippen molar-refractivity contribution in [3.8, 4) is 0 Å². The van der Waals surface area contributed by atoms with E-state index in [4.69, 9.17) is 4.74 Å². The van der Waals surface area contributed by atoms with Crippen molar-refractivity contribution in [3.05, 3.63) is 71.7 Å². The number of hydrogen-bond donors (Lipinski definition) is 1. The first-order chi connectivity index (χ1) is 11.1. The Kier molecular flexibility index (Phi) is 3.93. The number of para-hydroxylation sites is 1. The van der Waals surface area contributed by atoms with Gasteiger partial charge in [0.05, 0.1) is 5.56 Å². The number of rotatable bonds is 4. The molecule has 0 saturated heterocycles. The Balaban J connectivity index is 1.79. The number of fused-ring (bicyclic) bond motifs is 1. The summed E-state index contributed by atoms with van der Waals surface area (Å²) in [7, 11) is 0. The molecule has 5 heteroatoms. The van der Waals surface area contributed by atoms with E-state index in [-0.39, 0.29) is 11.3 Å². The van der Waals surface area contributed by atoms with Crippen LogP contribution in [0, 0.1) is 5.82 Å². The Labute approximate surface area is 131 Å². The number of aromatic nitrogens is 1. The Bertz CT molecular complexity index is 885. The van der Waals surface area contributed by atoms with Crippen LogP contribution in [0.25, 0.3) is 10.9 Å². The molecule has 4 nitrogen and oxygen atoms in total. The van der Waals surface area contributed by atoms with Gasteiger partial charge >= 0.3 is 5.97 Å². The lowest BCUT2D eigenvalue weighted by Crippen LogP contribution is -2.24. The van der Waals surface area contributed by atoms with Crippen LogP contribution in [0.4, 0.5) is 4.39 Å². The molecule has 1 atom stereocenters. The molecule has 0 aliphatic carbocycles. The van der Waals surface area contributed by atoms with Crippen LogP contribution in [0.2, 0.25) is 0 Å². The van der Waals surface area contributed by atoms with Gasteiger partial charge < -0.3 is 9.72 Å². The van der Waals surface area contributed by atoms with E-state index in [1.54, 1.807) is 6.20 Å². The Morgan fingerprint density at radius 3 is 2.70 bits per heavy atom. The lowest BCUT2D eigenvalue weighted by Gasteiger charge is -2.12. The number of benzene rings is 2. The molecule has 0 saturated carbocycles. The number of nitrogens with one attached hydrogen (secondary N) is 1. The zero-order valence-electron chi connectivity index (χ0n) is 12.4. The minimum absolute atomic E-state index is 0.0728. The van der Waals surface area contributed by atoms with E-state index in [1.165, 1.54) is 25.1 Å². The molecule has 0 spiro atoms. The summed E-state index contributed by atoms with van der Waals surface area (Å²) in [6, 6.07) is 12.5. The first-order valence-corrected chi connectivity index (χ1v) is 7.13. The van der Waals surface area contributed by atoms with Crippen molar-refractivity contribution in [1.29, 1.82) is 0 Å². The molecule has 116 valence electrons. The number of ether oxygens (including phenoxy) is 1. The number of H-pyrrole nitrogens is 1. The summed E-state index contributed by atoms with van der Waals surface area (Å²) in [5, 5.41) is 0.770. The molecule has 0 amide bonds. The second kappa shape index (κ2) is 6.04. The minimum atomic E-state index is -0.968. The molecule has 3 aromatic rings. The number of carbonyl (C=O) groups is 2. The predicted octanol–water partition coefficient (Wildman–Crippen LogP) is 3.74. The smallest absolute Gasteiger partial charge is 0.338 e. The van der Waals surface area contributed by atoms with Gasteiger partial charge in [0.2, 0.25) is 5.78 Å². The minimum Gasteiger partial charge on any atom is -0.451 e. The Morgan fingerprint density at radius 2 is 1.91 bits per heavy atom. The third-order valence-corrected chi connectivity index (χ3v) is 3.57. The quantitative estimate of drug-likeness (QED) is 0.590. The molecule has 0 fully saturated rings. The molecule has 0 radical (unpaired) electrons. The standard InChI is InChI=1S/C18H14FNO3/c1-11(23-18(22)12-5-4-6-13(19)9-12)17(21)15-10-20-16-8-3-2-7-14(15)16/h2-11,20H,1H3. The topological polar surface area (TPSA) is 59.2 Å². The highest BCUT2D eigenvalue weighted by atomic mass is 19.1. The van der Waals surface area contributed by atoms with E-state index in [9.17, 15) is 14.0 Å². The molecule has 1 unspecified atom stereocenters. The van der Waals surface area contributed by atoms with Gasteiger partial charge in [-0.05, 0) is 31.2 Å². The Morgan fingerprint density at radius 1 is 1.13 bits per heavy atom. The number of carbonyl (C=O) groups excluding carboxylic acids is 2. The van der Waals surface area contributed by atoms with Crippen molar-refractivity contribution < 1.29 is 18.7 Å². The van der Waals surface area contributed by atoms with Crippen molar-refractivity contribution in [1.82, 2.24) is 4.98 Å². The zero-order chi connectivity index (χ0) is 16.4. The van der Waals surface area contributed by atoms with Gasteiger partial charge in [-0.25, -0.2) is 9.18 Å². The molecule has 1 aromatic heterocycles. The van der Waals surface area contributed by atoms with Gasteiger partial charge in [0.1, 0.15) is 5.82 Å². The fourth-order valence-corrected chi connectivity index (χ4v) is 2.39. The maximum atomic E-state index is 13.1. The highest BCUT2D eigenvalue weighted by Gasteiger charge is 2.22. The van der Waals surface area contributed by atoms with E-state index in [2.05, 4.69) is 4.98 Å². The lowest BCUT2D eigenvalue weighted by molar-refractivity contribution is 0.0319. The fourth-order valence-electron chi connectivity index (χ4n) is 2.39. The summed E-state index contributed by atoms with van der Waals surface area (Å²) in [6.45, 7) is 1.50. The van der Waals surface area contributed by atoms with Crippen molar-refractivity contribution >= 4 is 22.7 Å². The maximum Gasteiger partial charge on any atom is 0.338 e. The fraction of sp³-hybridized carbons (Fsp3) is 0.111. The van der Waals surface area contributed by atoms with Crippen LogP contribution in [0.5, 0.6) is 0 Å². The van der Waals surface area contributed by atoms with E-state index < -0.39 is 17.9 Å². The van der Waals surface area contributed by atoms with Gasteiger partial charge in [0.15, 0.2) is 6.10 Å². The van der Waals surface area contributed by atoms with Crippen molar-refractivity contribution in [2.24, 2.45) is 0 Å². The predicted molar refractivity (Wildman–Crippen MR) is 83.9 cm³/mol. The summed E-state index contributed by atoms with van der Waals surface area (Å²) in [5.74, 6) is -1.58. The number of esters is 1. The molecule has 0 aliphatic heterocycles. The first kappa shape index (κ1) is 15.0. The largest absolute Gasteiger partial charge is 0.451 e. The van der Waals surface area contributed by atoms with Crippen molar-refractivity contribution in [2.45, 2.75) is 13.0 Å². The number of aromatic amines is 1. The van der Waals surface area contributed by atoms with E-state index >= 15 is 0 Å². The van der Waals surface area contributed by atoms with Gasteiger partial charge in [0, 0.05) is 22.7 Å². The molecular formula is C18H14FNO3. The average Bonchev–Trinajstić information content (AvgIpc) is 2.98. The van der Waals surface area contributed by atoms with Crippen LogP contribution in [-0.2, 0) is 4.74 Å². The molecule has 0 aliphatic rings. The van der Waals surface area contributed by atoms with E-state index in [1.807, 2.05) is 24.3 Å². The van der Waals surface area contributed by atoms with Crippen LogP contribution in [0.15, 0.2) is 54.7 Å². The summed E-state index contributed by atoms with van der Waals surface area (Å²) >= 11 is 0. The number of halogens is 1. The molecule has 1 N–H and O–H groups in total. The van der Waals surface area contributed by atoms with E-state index in [0.29, 0.717) is 5.56 Å². The third kappa shape index (κ3) is 2.99. The Hall–Kier alpha value is -2.95. The van der Waals surface area contributed by atoms with Crippen LogP contribution in [0.3, 0.4) is 0 Å². The number of Topliss-reactive ketones (excluding diaryl/α,β-unsaturated/α-hetero) is 1. The van der Waals surface area contributed by atoms with E-state index in [0.717, 1.165) is 17.0 Å². The first-order valence-electron chi connectivity index (χ1n) is 7.13. The van der Waals surface area contributed by atoms with Gasteiger partial charge in [0.25, 0.3) is 0 Å². The van der Waals surface area contributed by atoms with Gasteiger partial charge in [-0.3, -0.25) is 4.79 Å². The number of ketones is 1. The van der Waals surface area contributed by atoms with Crippen molar-refractivity contribution in [3.63, 3.8) is 0 Å². The monoisotopic (exact) mass is 311 g/mol. The average molecular weight is 311 g/mol. The van der Waals surface area contributed by atoms with Crippen LogP contribution in [-0.4, -0.2) is 22.8 Å². The second-order valence-electron chi connectivity index (χ2n) is 5.17. The maximum absolute atomic E-state index is 13.1. The third-order valence-electron chi connectivity index (χ3n) is 3.57. The zero-order valence-corrected chi connectivity index (χ0v) is 12.4. The second-order valence-corrected chi connectivity index (χ2v) is 5.17. The number of hydrogen-bond acceptors (Lipinski definition) is 3.